The van der Waals surface area contributed by atoms with Gasteiger partial charge in [-0.3, -0.25) is 4.79 Å². The van der Waals surface area contributed by atoms with Gasteiger partial charge in [-0.2, -0.15) is 0 Å². The SMILES string of the molecule is [CH2]NC(=O)C(c1ccccc1)c1ccccc1. The molecule has 2 aromatic carbocycles. The van der Waals surface area contributed by atoms with Crippen molar-refractivity contribution in [1.82, 2.24) is 5.32 Å². The average Bonchev–Trinajstić information content (AvgIpc) is 2.41. The number of amides is 1. The maximum Gasteiger partial charge on any atom is 0.232 e. The lowest BCUT2D eigenvalue weighted by Gasteiger charge is -2.16. The van der Waals surface area contributed by atoms with E-state index >= 15 is 0 Å². The highest BCUT2D eigenvalue weighted by Gasteiger charge is 2.20. The summed E-state index contributed by atoms with van der Waals surface area (Å²) in [4.78, 5) is 11.9. The smallest absolute Gasteiger partial charge is 0.232 e. The maximum atomic E-state index is 11.9. The van der Waals surface area contributed by atoms with E-state index < -0.39 is 0 Å². The molecule has 0 bridgehead atoms. The summed E-state index contributed by atoms with van der Waals surface area (Å²) in [6, 6.07) is 19.4. The number of nitrogens with one attached hydrogen (secondary N) is 1. The first-order valence-corrected chi connectivity index (χ1v) is 5.50. The van der Waals surface area contributed by atoms with Crippen molar-refractivity contribution in [2.24, 2.45) is 0 Å². The molecule has 0 heterocycles. The highest BCUT2D eigenvalue weighted by atomic mass is 16.1. The van der Waals surface area contributed by atoms with Crippen molar-refractivity contribution in [3.05, 3.63) is 78.8 Å². The lowest BCUT2D eigenvalue weighted by Crippen LogP contribution is -2.25. The number of carbonyl (C=O) groups excluding carboxylic acids is 1. The molecule has 0 aliphatic carbocycles. The third-order valence-electron chi connectivity index (χ3n) is 2.70. The topological polar surface area (TPSA) is 29.1 Å². The molecule has 0 atom stereocenters. The van der Waals surface area contributed by atoms with E-state index in [0.29, 0.717) is 0 Å². The van der Waals surface area contributed by atoms with Gasteiger partial charge in [0.1, 0.15) is 0 Å². The molecule has 0 saturated heterocycles. The van der Waals surface area contributed by atoms with E-state index in [2.05, 4.69) is 12.4 Å². The zero-order valence-corrected chi connectivity index (χ0v) is 9.47. The summed E-state index contributed by atoms with van der Waals surface area (Å²) in [5.41, 5.74) is 1.94. The zero-order chi connectivity index (χ0) is 12.1. The van der Waals surface area contributed by atoms with Crippen LogP contribution in [0.25, 0.3) is 0 Å². The van der Waals surface area contributed by atoms with Gasteiger partial charge in [0, 0.05) is 7.05 Å². The standard InChI is InChI=1S/C15H14NO/c1-16-15(17)14(12-8-4-2-5-9-12)13-10-6-3-7-11-13/h2-11,14H,1H2,(H,16,17). The molecule has 0 fully saturated rings. The molecule has 2 aromatic rings. The molecule has 1 N–H and O–H groups in total. The summed E-state index contributed by atoms with van der Waals surface area (Å²) in [7, 11) is 3.46. The van der Waals surface area contributed by atoms with Gasteiger partial charge < -0.3 is 5.32 Å². The molecular formula is C15H14NO. The summed E-state index contributed by atoms with van der Waals surface area (Å²) < 4.78 is 0. The molecule has 2 nitrogen and oxygen atoms in total. The zero-order valence-electron chi connectivity index (χ0n) is 9.47. The van der Waals surface area contributed by atoms with E-state index in [4.69, 9.17) is 0 Å². The second-order valence-electron chi connectivity index (χ2n) is 3.80. The van der Waals surface area contributed by atoms with Crippen LogP contribution in [0.1, 0.15) is 17.0 Å². The van der Waals surface area contributed by atoms with E-state index in [9.17, 15) is 4.79 Å². The molecule has 1 radical (unpaired) electrons. The average molecular weight is 224 g/mol. The van der Waals surface area contributed by atoms with E-state index in [1.54, 1.807) is 0 Å². The van der Waals surface area contributed by atoms with Gasteiger partial charge in [-0.05, 0) is 11.1 Å². The van der Waals surface area contributed by atoms with Gasteiger partial charge in [-0.15, -0.1) is 0 Å². The van der Waals surface area contributed by atoms with Crippen LogP contribution in [0, 0.1) is 7.05 Å². The van der Waals surface area contributed by atoms with Crippen molar-refractivity contribution < 1.29 is 4.79 Å². The summed E-state index contributed by atoms with van der Waals surface area (Å²) in [5.74, 6) is -0.391. The Morgan fingerprint density at radius 2 is 1.29 bits per heavy atom. The number of carbonyl (C=O) groups is 1. The summed E-state index contributed by atoms with van der Waals surface area (Å²) in [5, 5.41) is 2.47. The summed E-state index contributed by atoms with van der Waals surface area (Å²) in [6.45, 7) is 0. The molecular weight excluding hydrogens is 210 g/mol. The lowest BCUT2D eigenvalue weighted by molar-refractivity contribution is -0.120. The van der Waals surface area contributed by atoms with Crippen LogP contribution < -0.4 is 5.32 Å². The monoisotopic (exact) mass is 224 g/mol. The third-order valence-corrected chi connectivity index (χ3v) is 2.70. The largest absolute Gasteiger partial charge is 0.354 e. The minimum Gasteiger partial charge on any atom is -0.354 e. The van der Waals surface area contributed by atoms with Crippen LogP contribution in [0.4, 0.5) is 0 Å². The van der Waals surface area contributed by atoms with E-state index in [-0.39, 0.29) is 11.8 Å². The fraction of sp³-hybridized carbons (Fsp3) is 0.0667. The summed E-state index contributed by atoms with van der Waals surface area (Å²) in [6.07, 6.45) is 0. The van der Waals surface area contributed by atoms with Crippen molar-refractivity contribution >= 4 is 5.91 Å². The Morgan fingerprint density at radius 3 is 1.65 bits per heavy atom. The van der Waals surface area contributed by atoms with Gasteiger partial charge >= 0.3 is 0 Å². The van der Waals surface area contributed by atoms with Crippen molar-refractivity contribution in [2.45, 2.75) is 5.92 Å². The van der Waals surface area contributed by atoms with Crippen molar-refractivity contribution in [3.63, 3.8) is 0 Å². The number of hydrogen-bond acceptors (Lipinski definition) is 1. The predicted molar refractivity (Wildman–Crippen MR) is 68.2 cm³/mol. The molecule has 0 spiro atoms. The van der Waals surface area contributed by atoms with Crippen LogP contribution in [0.2, 0.25) is 0 Å². The Hall–Kier alpha value is -2.09. The molecule has 0 saturated carbocycles. The normalized spacial score (nSPS) is 10.2. The van der Waals surface area contributed by atoms with Crippen molar-refractivity contribution in [1.29, 1.82) is 0 Å². The molecule has 0 aromatic heterocycles. The Labute approximate surface area is 101 Å². The van der Waals surface area contributed by atoms with Crippen LogP contribution in [-0.4, -0.2) is 5.91 Å². The van der Waals surface area contributed by atoms with Crippen LogP contribution >= 0.6 is 0 Å². The Balaban J connectivity index is 2.43. The van der Waals surface area contributed by atoms with Crippen LogP contribution in [-0.2, 0) is 4.79 Å². The van der Waals surface area contributed by atoms with E-state index in [1.807, 2.05) is 60.7 Å². The Bertz CT molecular complexity index is 439. The first-order valence-electron chi connectivity index (χ1n) is 5.50. The second kappa shape index (κ2) is 5.30. The predicted octanol–water partition coefficient (Wildman–Crippen LogP) is 2.73. The van der Waals surface area contributed by atoms with Gasteiger partial charge in [0.25, 0.3) is 0 Å². The second-order valence-corrected chi connectivity index (χ2v) is 3.80. The number of rotatable bonds is 3. The first kappa shape index (κ1) is 11.4. The fourth-order valence-electron chi connectivity index (χ4n) is 1.89. The molecule has 0 aliphatic rings. The first-order chi connectivity index (χ1) is 8.33. The van der Waals surface area contributed by atoms with Gasteiger partial charge in [-0.1, -0.05) is 60.7 Å². The molecule has 1 amide bonds. The Kier molecular flexibility index (Phi) is 3.55. The highest BCUT2D eigenvalue weighted by molar-refractivity contribution is 5.87. The van der Waals surface area contributed by atoms with Crippen LogP contribution in [0.3, 0.4) is 0 Å². The van der Waals surface area contributed by atoms with Crippen LogP contribution in [0.5, 0.6) is 0 Å². The van der Waals surface area contributed by atoms with E-state index in [1.165, 1.54) is 0 Å². The quantitative estimate of drug-likeness (QED) is 0.853. The molecule has 85 valence electrons. The highest BCUT2D eigenvalue weighted by Crippen LogP contribution is 2.24. The molecule has 2 heteroatoms. The minimum absolute atomic E-state index is 0.0950. The molecule has 2 rings (SSSR count). The fourth-order valence-corrected chi connectivity index (χ4v) is 1.89. The lowest BCUT2D eigenvalue weighted by atomic mass is 9.90. The maximum absolute atomic E-state index is 11.9. The summed E-state index contributed by atoms with van der Waals surface area (Å²) >= 11 is 0. The molecule has 17 heavy (non-hydrogen) atoms. The number of benzene rings is 2. The minimum atomic E-state index is -0.296. The molecule has 0 unspecified atom stereocenters. The third kappa shape index (κ3) is 2.53. The van der Waals surface area contributed by atoms with Crippen molar-refractivity contribution in [3.8, 4) is 0 Å². The van der Waals surface area contributed by atoms with Gasteiger partial charge in [0.05, 0.1) is 5.92 Å². The Morgan fingerprint density at radius 1 is 0.882 bits per heavy atom. The van der Waals surface area contributed by atoms with Gasteiger partial charge in [0.2, 0.25) is 5.91 Å². The van der Waals surface area contributed by atoms with Gasteiger partial charge in [-0.25, -0.2) is 0 Å². The van der Waals surface area contributed by atoms with Crippen LogP contribution in [0.15, 0.2) is 60.7 Å². The van der Waals surface area contributed by atoms with Gasteiger partial charge in [0.15, 0.2) is 0 Å². The number of hydrogen-bond donors (Lipinski definition) is 1. The van der Waals surface area contributed by atoms with Crippen molar-refractivity contribution in [2.75, 3.05) is 0 Å². The molecule has 0 aliphatic heterocycles. The van der Waals surface area contributed by atoms with E-state index in [0.717, 1.165) is 11.1 Å².